The standard InChI is InChI=1S/C16H13ClF2N4O2/c17-12-6-10(7-13-11(12)2-4-20-13)23-16(24)22-8-9-1-3-21-14(5-9)25-15(18)19/h1-7,15,20H,8H2,(H2,22,23,24). The number of alkyl halides is 2. The van der Waals surface area contributed by atoms with Crippen LogP contribution in [0.4, 0.5) is 19.3 Å². The minimum Gasteiger partial charge on any atom is -0.417 e. The van der Waals surface area contributed by atoms with Crippen LogP contribution >= 0.6 is 11.6 Å². The lowest BCUT2D eigenvalue weighted by molar-refractivity contribution is -0.0528. The van der Waals surface area contributed by atoms with E-state index < -0.39 is 12.6 Å². The summed E-state index contributed by atoms with van der Waals surface area (Å²) in [5.41, 5.74) is 1.89. The lowest BCUT2D eigenvalue weighted by Gasteiger charge is -2.09. The van der Waals surface area contributed by atoms with Crippen molar-refractivity contribution < 1.29 is 18.3 Å². The highest BCUT2D eigenvalue weighted by atomic mass is 35.5. The van der Waals surface area contributed by atoms with Crippen LogP contribution in [-0.4, -0.2) is 22.6 Å². The number of pyridine rings is 1. The number of fused-ring (bicyclic) bond motifs is 1. The fraction of sp³-hybridized carbons (Fsp3) is 0.125. The lowest BCUT2D eigenvalue weighted by atomic mass is 10.2. The summed E-state index contributed by atoms with van der Waals surface area (Å²) in [4.78, 5) is 18.7. The summed E-state index contributed by atoms with van der Waals surface area (Å²) in [6, 6.07) is 7.67. The Labute approximate surface area is 146 Å². The zero-order valence-electron chi connectivity index (χ0n) is 12.7. The van der Waals surface area contributed by atoms with E-state index in [4.69, 9.17) is 11.6 Å². The lowest BCUT2D eigenvalue weighted by Crippen LogP contribution is -2.28. The topological polar surface area (TPSA) is 79.0 Å². The number of aromatic amines is 1. The van der Waals surface area contributed by atoms with E-state index in [0.29, 0.717) is 16.3 Å². The number of rotatable bonds is 5. The van der Waals surface area contributed by atoms with Crippen molar-refractivity contribution in [2.24, 2.45) is 0 Å². The quantitative estimate of drug-likeness (QED) is 0.635. The maximum atomic E-state index is 12.2. The molecule has 0 unspecified atom stereocenters. The summed E-state index contributed by atoms with van der Waals surface area (Å²) in [6.45, 7) is -2.83. The molecule has 2 amide bonds. The van der Waals surface area contributed by atoms with Gasteiger partial charge in [0.25, 0.3) is 0 Å². The highest BCUT2D eigenvalue weighted by molar-refractivity contribution is 6.35. The number of halogens is 3. The molecular weight excluding hydrogens is 354 g/mol. The Hall–Kier alpha value is -2.87. The molecular formula is C16H13ClF2N4O2. The van der Waals surface area contributed by atoms with Crippen LogP contribution in [0.25, 0.3) is 10.9 Å². The third-order valence-electron chi connectivity index (χ3n) is 3.34. The smallest absolute Gasteiger partial charge is 0.388 e. The number of H-pyrrole nitrogens is 1. The Morgan fingerprint density at radius 1 is 1.32 bits per heavy atom. The first kappa shape index (κ1) is 17.0. The number of ether oxygens (including phenoxy) is 1. The van der Waals surface area contributed by atoms with Crippen LogP contribution < -0.4 is 15.4 Å². The van der Waals surface area contributed by atoms with Gasteiger partial charge in [-0.1, -0.05) is 11.6 Å². The Bertz CT molecular complexity index is 901. The van der Waals surface area contributed by atoms with Crippen molar-refractivity contribution in [3.63, 3.8) is 0 Å². The molecule has 25 heavy (non-hydrogen) atoms. The number of urea groups is 1. The molecule has 0 aliphatic carbocycles. The number of aromatic nitrogens is 2. The molecule has 0 bridgehead atoms. The van der Waals surface area contributed by atoms with Crippen LogP contribution in [0.5, 0.6) is 5.88 Å². The van der Waals surface area contributed by atoms with Crippen LogP contribution in [-0.2, 0) is 6.54 Å². The monoisotopic (exact) mass is 366 g/mol. The van der Waals surface area contributed by atoms with E-state index in [9.17, 15) is 13.6 Å². The van der Waals surface area contributed by atoms with Gasteiger partial charge in [-0.25, -0.2) is 9.78 Å². The average molecular weight is 367 g/mol. The van der Waals surface area contributed by atoms with Crippen LogP contribution in [0.1, 0.15) is 5.56 Å². The van der Waals surface area contributed by atoms with E-state index >= 15 is 0 Å². The SMILES string of the molecule is O=C(NCc1ccnc(OC(F)F)c1)Nc1cc(Cl)c2cc[nH]c2c1. The van der Waals surface area contributed by atoms with Gasteiger partial charge in [0.1, 0.15) is 0 Å². The number of amides is 2. The molecule has 1 aromatic carbocycles. The van der Waals surface area contributed by atoms with Crippen LogP contribution in [0.2, 0.25) is 5.02 Å². The van der Waals surface area contributed by atoms with Crippen LogP contribution in [0.15, 0.2) is 42.7 Å². The number of hydrogen-bond acceptors (Lipinski definition) is 3. The second kappa shape index (κ2) is 7.35. The Balaban J connectivity index is 1.60. The summed E-state index contributed by atoms with van der Waals surface area (Å²) < 4.78 is 28.6. The predicted molar refractivity (Wildman–Crippen MR) is 90.0 cm³/mol. The van der Waals surface area contributed by atoms with Gasteiger partial charge in [-0.2, -0.15) is 8.78 Å². The molecule has 3 aromatic rings. The van der Waals surface area contributed by atoms with Crippen molar-refractivity contribution in [2.45, 2.75) is 13.2 Å². The van der Waals surface area contributed by atoms with Gasteiger partial charge in [0.2, 0.25) is 5.88 Å². The van der Waals surface area contributed by atoms with Gasteiger partial charge in [0.05, 0.1) is 5.02 Å². The van der Waals surface area contributed by atoms with E-state index in [1.165, 1.54) is 12.3 Å². The molecule has 9 heteroatoms. The first-order valence-corrected chi connectivity index (χ1v) is 7.60. The van der Waals surface area contributed by atoms with Gasteiger partial charge < -0.3 is 20.4 Å². The number of nitrogens with one attached hydrogen (secondary N) is 3. The number of hydrogen-bond donors (Lipinski definition) is 3. The van der Waals surface area contributed by atoms with E-state index in [-0.39, 0.29) is 12.4 Å². The summed E-state index contributed by atoms with van der Waals surface area (Å²) in [7, 11) is 0. The minimum absolute atomic E-state index is 0.117. The number of carbonyl (C=O) groups is 1. The maximum absolute atomic E-state index is 12.2. The minimum atomic E-state index is -2.95. The second-order valence-electron chi connectivity index (χ2n) is 5.09. The van der Waals surface area contributed by atoms with Crippen LogP contribution in [0, 0.1) is 0 Å². The third kappa shape index (κ3) is 4.36. The predicted octanol–water partition coefficient (Wildman–Crippen LogP) is 4.14. The summed E-state index contributed by atoms with van der Waals surface area (Å²) in [6.07, 6.45) is 3.08. The number of nitrogens with zero attached hydrogens (tertiary/aromatic N) is 1. The number of anilines is 1. The van der Waals surface area contributed by atoms with E-state index in [1.807, 2.05) is 6.07 Å². The molecule has 130 valence electrons. The first-order chi connectivity index (χ1) is 12.0. The molecule has 6 nitrogen and oxygen atoms in total. The Morgan fingerprint density at radius 2 is 2.16 bits per heavy atom. The van der Waals surface area contributed by atoms with E-state index in [2.05, 4.69) is 25.3 Å². The fourth-order valence-corrected chi connectivity index (χ4v) is 2.55. The van der Waals surface area contributed by atoms with E-state index in [1.54, 1.807) is 24.4 Å². The molecule has 0 saturated heterocycles. The van der Waals surface area contributed by atoms with Crippen LogP contribution in [0.3, 0.4) is 0 Å². The molecule has 0 aliphatic rings. The Kier molecular flexibility index (Phi) is 4.99. The fourth-order valence-electron chi connectivity index (χ4n) is 2.27. The van der Waals surface area contributed by atoms with Gasteiger partial charge in [0.15, 0.2) is 0 Å². The molecule has 3 rings (SSSR count). The first-order valence-electron chi connectivity index (χ1n) is 7.22. The molecule has 0 spiro atoms. The maximum Gasteiger partial charge on any atom is 0.388 e. The van der Waals surface area contributed by atoms with Crippen molar-refractivity contribution in [3.05, 3.63) is 53.3 Å². The molecule has 0 atom stereocenters. The molecule has 2 heterocycles. The number of carbonyl (C=O) groups excluding carboxylic acids is 1. The Morgan fingerprint density at radius 3 is 2.96 bits per heavy atom. The van der Waals surface area contributed by atoms with Crippen molar-refractivity contribution in [1.29, 1.82) is 0 Å². The van der Waals surface area contributed by atoms with Gasteiger partial charge in [-0.15, -0.1) is 0 Å². The highest BCUT2D eigenvalue weighted by Crippen LogP contribution is 2.27. The third-order valence-corrected chi connectivity index (χ3v) is 3.65. The van der Waals surface area contributed by atoms with Gasteiger partial charge in [-0.3, -0.25) is 0 Å². The molecule has 0 saturated carbocycles. The zero-order chi connectivity index (χ0) is 17.8. The normalized spacial score (nSPS) is 10.9. The second-order valence-corrected chi connectivity index (χ2v) is 5.49. The van der Waals surface area contributed by atoms with Crippen molar-refractivity contribution in [1.82, 2.24) is 15.3 Å². The molecule has 0 fully saturated rings. The molecule has 0 radical (unpaired) electrons. The average Bonchev–Trinajstić information content (AvgIpc) is 3.02. The van der Waals surface area contributed by atoms with Crippen molar-refractivity contribution >= 4 is 34.2 Å². The number of benzene rings is 1. The molecule has 3 N–H and O–H groups in total. The largest absolute Gasteiger partial charge is 0.417 e. The summed E-state index contributed by atoms with van der Waals surface area (Å²) in [5, 5.41) is 6.64. The van der Waals surface area contributed by atoms with Gasteiger partial charge in [-0.05, 0) is 29.8 Å². The molecule has 2 aromatic heterocycles. The van der Waals surface area contributed by atoms with Crippen molar-refractivity contribution in [3.8, 4) is 5.88 Å². The van der Waals surface area contributed by atoms with Gasteiger partial charge in [0, 0.05) is 41.6 Å². The van der Waals surface area contributed by atoms with Crippen molar-refractivity contribution in [2.75, 3.05) is 5.32 Å². The summed E-state index contributed by atoms with van der Waals surface area (Å²) >= 11 is 6.15. The van der Waals surface area contributed by atoms with Gasteiger partial charge >= 0.3 is 12.6 Å². The van der Waals surface area contributed by atoms with E-state index in [0.717, 1.165) is 10.9 Å². The summed E-state index contributed by atoms with van der Waals surface area (Å²) in [5.74, 6) is -0.210. The highest BCUT2D eigenvalue weighted by Gasteiger charge is 2.08. The molecule has 0 aliphatic heterocycles. The zero-order valence-corrected chi connectivity index (χ0v) is 13.5.